The number of nitrogens with one attached hydrogen (secondary N) is 1. The van der Waals surface area contributed by atoms with E-state index in [1.54, 1.807) is 0 Å². The number of anilines is 1. The Morgan fingerprint density at radius 2 is 2.19 bits per heavy atom. The maximum absolute atomic E-state index is 5.79. The molecule has 4 nitrogen and oxygen atoms in total. The number of aromatic nitrogens is 1. The number of morpholine rings is 1. The van der Waals surface area contributed by atoms with Gasteiger partial charge in [-0.15, -0.1) is 0 Å². The molecule has 21 heavy (non-hydrogen) atoms. The fraction of sp³-hybridized carbons (Fsp3) is 0.706. The molecule has 1 aliphatic heterocycles. The van der Waals surface area contributed by atoms with Crippen LogP contribution >= 0.6 is 0 Å². The smallest absolute Gasteiger partial charge is 0.0748 e. The van der Waals surface area contributed by atoms with Gasteiger partial charge in [0, 0.05) is 48.3 Å². The lowest BCUT2D eigenvalue weighted by Gasteiger charge is -2.35. The van der Waals surface area contributed by atoms with E-state index >= 15 is 0 Å². The number of ether oxygens (including phenoxy) is 1. The lowest BCUT2D eigenvalue weighted by molar-refractivity contribution is 0.0383. The molecule has 1 unspecified atom stereocenters. The van der Waals surface area contributed by atoms with Gasteiger partial charge in [-0.2, -0.15) is 0 Å². The van der Waals surface area contributed by atoms with Crippen molar-refractivity contribution in [2.75, 3.05) is 24.6 Å². The van der Waals surface area contributed by atoms with Crippen LogP contribution in [0, 0.1) is 6.92 Å². The van der Waals surface area contributed by atoms with Crippen LogP contribution < -0.4 is 10.2 Å². The van der Waals surface area contributed by atoms with E-state index in [0.717, 1.165) is 38.4 Å². The quantitative estimate of drug-likeness (QED) is 0.925. The SMILES string of the molecule is CCC1CN(c2cc(C)ncc2CNC(C)(C)C)CCO1. The maximum Gasteiger partial charge on any atom is 0.0748 e. The molecule has 1 aliphatic rings. The predicted octanol–water partition coefficient (Wildman–Crippen LogP) is 2.89. The van der Waals surface area contributed by atoms with Crippen molar-refractivity contribution in [2.45, 2.75) is 59.2 Å². The minimum Gasteiger partial charge on any atom is -0.375 e. The highest BCUT2D eigenvalue weighted by Crippen LogP contribution is 2.24. The summed E-state index contributed by atoms with van der Waals surface area (Å²) in [5, 5.41) is 3.56. The summed E-state index contributed by atoms with van der Waals surface area (Å²) in [6, 6.07) is 2.21. The number of hydrogen-bond acceptors (Lipinski definition) is 4. The zero-order chi connectivity index (χ0) is 15.5. The normalized spacial score (nSPS) is 19.9. The van der Waals surface area contributed by atoms with E-state index in [2.05, 4.69) is 55.9 Å². The van der Waals surface area contributed by atoms with Crippen LogP contribution in [0.1, 0.15) is 45.4 Å². The minimum absolute atomic E-state index is 0.110. The Kier molecular flexibility index (Phi) is 5.22. The average molecular weight is 291 g/mol. The van der Waals surface area contributed by atoms with Gasteiger partial charge in [-0.05, 0) is 40.2 Å². The molecule has 1 atom stereocenters. The van der Waals surface area contributed by atoms with Crippen LogP contribution in [0.3, 0.4) is 0 Å². The van der Waals surface area contributed by atoms with Crippen LogP contribution in [-0.2, 0) is 11.3 Å². The van der Waals surface area contributed by atoms with Crippen molar-refractivity contribution in [3.05, 3.63) is 23.5 Å². The summed E-state index contributed by atoms with van der Waals surface area (Å²) in [7, 11) is 0. The van der Waals surface area contributed by atoms with Crippen molar-refractivity contribution in [1.82, 2.24) is 10.3 Å². The van der Waals surface area contributed by atoms with E-state index in [9.17, 15) is 0 Å². The number of hydrogen-bond donors (Lipinski definition) is 1. The van der Waals surface area contributed by atoms with E-state index in [0.29, 0.717) is 6.10 Å². The van der Waals surface area contributed by atoms with Crippen molar-refractivity contribution in [3.63, 3.8) is 0 Å². The zero-order valence-corrected chi connectivity index (χ0v) is 14.1. The molecule has 0 amide bonds. The summed E-state index contributed by atoms with van der Waals surface area (Å²) < 4.78 is 5.79. The van der Waals surface area contributed by atoms with Gasteiger partial charge in [-0.1, -0.05) is 6.92 Å². The van der Waals surface area contributed by atoms with Crippen molar-refractivity contribution in [1.29, 1.82) is 0 Å². The van der Waals surface area contributed by atoms with Gasteiger partial charge >= 0.3 is 0 Å². The molecule has 1 fully saturated rings. The van der Waals surface area contributed by atoms with Gasteiger partial charge in [0.15, 0.2) is 0 Å². The monoisotopic (exact) mass is 291 g/mol. The van der Waals surface area contributed by atoms with Crippen molar-refractivity contribution in [2.24, 2.45) is 0 Å². The van der Waals surface area contributed by atoms with Gasteiger partial charge in [0.25, 0.3) is 0 Å². The van der Waals surface area contributed by atoms with Crippen LogP contribution in [0.2, 0.25) is 0 Å². The maximum atomic E-state index is 5.79. The number of pyridine rings is 1. The summed E-state index contributed by atoms with van der Waals surface area (Å²) in [6.45, 7) is 14.4. The molecule has 1 aromatic heterocycles. The first kappa shape index (κ1) is 16.2. The van der Waals surface area contributed by atoms with Gasteiger partial charge < -0.3 is 15.0 Å². The Bertz CT molecular complexity index is 468. The molecule has 0 bridgehead atoms. The second-order valence-electron chi connectivity index (χ2n) is 6.91. The highest BCUT2D eigenvalue weighted by Gasteiger charge is 2.22. The summed E-state index contributed by atoms with van der Waals surface area (Å²) in [6.07, 6.45) is 3.42. The third-order valence-corrected chi connectivity index (χ3v) is 3.84. The van der Waals surface area contributed by atoms with Crippen LogP contribution in [0.4, 0.5) is 5.69 Å². The fourth-order valence-electron chi connectivity index (χ4n) is 2.55. The molecule has 0 spiro atoms. The standard InChI is InChI=1S/C17H29N3O/c1-6-15-12-20(7-8-21-15)16-9-13(2)18-10-14(16)11-19-17(3,4)5/h9-10,15,19H,6-8,11-12H2,1-5H3. The molecular formula is C17H29N3O. The first-order chi connectivity index (χ1) is 9.89. The van der Waals surface area contributed by atoms with Crippen LogP contribution in [0.5, 0.6) is 0 Å². The third kappa shape index (κ3) is 4.68. The fourth-order valence-corrected chi connectivity index (χ4v) is 2.55. The second kappa shape index (κ2) is 6.75. The largest absolute Gasteiger partial charge is 0.375 e. The van der Waals surface area contributed by atoms with Crippen LogP contribution in [0.15, 0.2) is 12.3 Å². The second-order valence-corrected chi connectivity index (χ2v) is 6.91. The summed E-state index contributed by atoms with van der Waals surface area (Å²) in [4.78, 5) is 6.93. The summed E-state index contributed by atoms with van der Waals surface area (Å²) >= 11 is 0. The highest BCUT2D eigenvalue weighted by atomic mass is 16.5. The topological polar surface area (TPSA) is 37.4 Å². The Morgan fingerprint density at radius 3 is 2.86 bits per heavy atom. The first-order valence-electron chi connectivity index (χ1n) is 7.96. The lowest BCUT2D eigenvalue weighted by atomic mass is 10.1. The molecular weight excluding hydrogens is 262 g/mol. The molecule has 0 aromatic carbocycles. The van der Waals surface area contributed by atoms with E-state index in [1.165, 1.54) is 11.3 Å². The van der Waals surface area contributed by atoms with Crippen molar-refractivity contribution in [3.8, 4) is 0 Å². The van der Waals surface area contributed by atoms with Gasteiger partial charge in [0.1, 0.15) is 0 Å². The summed E-state index contributed by atoms with van der Waals surface area (Å²) in [5.74, 6) is 0. The number of nitrogens with zero attached hydrogens (tertiary/aromatic N) is 2. The number of rotatable bonds is 4. The van der Waals surface area contributed by atoms with Gasteiger partial charge in [0.05, 0.1) is 12.7 Å². The molecule has 2 heterocycles. The predicted molar refractivity (Wildman–Crippen MR) is 87.8 cm³/mol. The van der Waals surface area contributed by atoms with Crippen molar-refractivity contribution >= 4 is 5.69 Å². The molecule has 0 aliphatic carbocycles. The molecule has 2 rings (SSSR count). The Labute approximate surface area is 128 Å². The molecule has 0 radical (unpaired) electrons. The van der Waals surface area contributed by atoms with Crippen LogP contribution in [-0.4, -0.2) is 36.3 Å². The van der Waals surface area contributed by atoms with E-state index in [-0.39, 0.29) is 5.54 Å². The average Bonchev–Trinajstić information content (AvgIpc) is 2.45. The van der Waals surface area contributed by atoms with Gasteiger partial charge in [-0.3, -0.25) is 4.98 Å². The Morgan fingerprint density at radius 1 is 1.43 bits per heavy atom. The molecule has 0 saturated carbocycles. The molecule has 1 aromatic rings. The lowest BCUT2D eigenvalue weighted by Crippen LogP contribution is -2.43. The summed E-state index contributed by atoms with van der Waals surface area (Å²) in [5.41, 5.74) is 3.76. The van der Waals surface area contributed by atoms with E-state index in [1.807, 2.05) is 6.20 Å². The molecule has 1 saturated heterocycles. The molecule has 1 N–H and O–H groups in total. The van der Waals surface area contributed by atoms with Crippen LogP contribution in [0.25, 0.3) is 0 Å². The Balaban J connectivity index is 2.18. The number of aryl methyl sites for hydroxylation is 1. The van der Waals surface area contributed by atoms with E-state index in [4.69, 9.17) is 4.74 Å². The Hall–Kier alpha value is -1.13. The van der Waals surface area contributed by atoms with Gasteiger partial charge in [0.2, 0.25) is 0 Å². The third-order valence-electron chi connectivity index (χ3n) is 3.84. The molecule has 4 heteroatoms. The molecule has 118 valence electrons. The van der Waals surface area contributed by atoms with E-state index < -0.39 is 0 Å². The minimum atomic E-state index is 0.110. The highest BCUT2D eigenvalue weighted by molar-refractivity contribution is 5.54. The van der Waals surface area contributed by atoms with Crippen molar-refractivity contribution < 1.29 is 4.74 Å². The first-order valence-corrected chi connectivity index (χ1v) is 7.96. The van der Waals surface area contributed by atoms with Gasteiger partial charge in [-0.25, -0.2) is 0 Å². The zero-order valence-electron chi connectivity index (χ0n) is 14.1.